The maximum Gasteiger partial charge on any atom is 0.349 e. The second-order valence-corrected chi connectivity index (χ2v) is 7.47. The highest BCUT2D eigenvalue weighted by Gasteiger charge is 2.17. The van der Waals surface area contributed by atoms with Crippen LogP contribution in [0.2, 0.25) is 5.02 Å². The van der Waals surface area contributed by atoms with E-state index in [-0.39, 0.29) is 5.57 Å². The third kappa shape index (κ3) is 6.13. The first kappa shape index (κ1) is 25.0. The molecule has 8 nitrogen and oxygen atoms in total. The Morgan fingerprint density at radius 3 is 2.56 bits per heavy atom. The van der Waals surface area contributed by atoms with Crippen molar-refractivity contribution in [2.45, 2.75) is 27.3 Å². The number of ether oxygens (including phenoxy) is 3. The molecule has 1 aromatic heterocycles. The number of hydrogen-bond donors (Lipinski definition) is 1. The summed E-state index contributed by atoms with van der Waals surface area (Å²) in [6.45, 7) is 6.25. The van der Waals surface area contributed by atoms with Crippen LogP contribution < -0.4 is 10.1 Å². The third-order valence-electron chi connectivity index (χ3n) is 4.86. The summed E-state index contributed by atoms with van der Waals surface area (Å²) in [5, 5.41) is 12.5. The van der Waals surface area contributed by atoms with Crippen molar-refractivity contribution in [2.24, 2.45) is 0 Å². The number of carbonyl (C=O) groups excluding carboxylic acids is 2. The summed E-state index contributed by atoms with van der Waals surface area (Å²) in [6, 6.07) is 6.95. The summed E-state index contributed by atoms with van der Waals surface area (Å²) >= 11 is 6.06. The molecule has 0 spiro atoms. The quantitative estimate of drug-likeness (QED) is 0.347. The van der Waals surface area contributed by atoms with E-state index in [1.165, 1.54) is 13.2 Å². The second-order valence-electron chi connectivity index (χ2n) is 7.07. The van der Waals surface area contributed by atoms with Gasteiger partial charge in [0.15, 0.2) is 6.61 Å². The van der Waals surface area contributed by atoms with Gasteiger partial charge < -0.3 is 24.1 Å². The van der Waals surface area contributed by atoms with Crippen LogP contribution in [0.25, 0.3) is 6.08 Å². The topological polar surface area (TPSA) is 103 Å². The summed E-state index contributed by atoms with van der Waals surface area (Å²) in [5.41, 5.74) is 3.53. The van der Waals surface area contributed by atoms with Gasteiger partial charge in [-0.25, -0.2) is 4.79 Å². The van der Waals surface area contributed by atoms with Gasteiger partial charge in [0.25, 0.3) is 5.91 Å². The largest absolute Gasteiger partial charge is 0.495 e. The molecule has 0 bridgehead atoms. The predicted octanol–water partition coefficient (Wildman–Crippen LogP) is 3.81. The van der Waals surface area contributed by atoms with Gasteiger partial charge in [-0.15, -0.1) is 0 Å². The Kier molecular flexibility index (Phi) is 8.88. The minimum atomic E-state index is -0.886. The van der Waals surface area contributed by atoms with Crippen LogP contribution in [0.5, 0.6) is 5.75 Å². The molecule has 0 aliphatic carbocycles. The van der Waals surface area contributed by atoms with Crippen molar-refractivity contribution in [2.75, 3.05) is 32.8 Å². The normalized spacial score (nSPS) is 11.1. The zero-order valence-electron chi connectivity index (χ0n) is 18.7. The lowest BCUT2D eigenvalue weighted by Gasteiger charge is -2.12. The van der Waals surface area contributed by atoms with Gasteiger partial charge in [-0.1, -0.05) is 11.6 Å². The van der Waals surface area contributed by atoms with E-state index in [0.29, 0.717) is 29.6 Å². The maximum absolute atomic E-state index is 12.4. The Labute approximate surface area is 192 Å². The molecule has 0 fully saturated rings. The molecule has 2 aromatic rings. The van der Waals surface area contributed by atoms with Gasteiger partial charge in [-0.2, -0.15) is 5.26 Å². The zero-order chi connectivity index (χ0) is 23.8. The minimum Gasteiger partial charge on any atom is -0.495 e. The van der Waals surface area contributed by atoms with Gasteiger partial charge in [-0.3, -0.25) is 4.79 Å². The van der Waals surface area contributed by atoms with E-state index >= 15 is 0 Å². The SMILES string of the molecule is COCCn1c(C)cc(/C=C(\C#N)C(=O)OCC(=O)Nc2cc(C)c(Cl)cc2OC)c1C. The maximum atomic E-state index is 12.4. The number of hydrogen-bond acceptors (Lipinski definition) is 6. The molecule has 9 heteroatoms. The van der Waals surface area contributed by atoms with Crippen LogP contribution in [-0.4, -0.2) is 43.9 Å². The van der Waals surface area contributed by atoms with Crippen molar-refractivity contribution >= 4 is 35.2 Å². The van der Waals surface area contributed by atoms with E-state index in [1.807, 2.05) is 30.6 Å². The molecule has 0 saturated heterocycles. The van der Waals surface area contributed by atoms with Gasteiger partial charge >= 0.3 is 5.97 Å². The lowest BCUT2D eigenvalue weighted by Crippen LogP contribution is -2.21. The van der Waals surface area contributed by atoms with Crippen molar-refractivity contribution in [1.82, 2.24) is 4.57 Å². The zero-order valence-corrected chi connectivity index (χ0v) is 19.5. The van der Waals surface area contributed by atoms with Crippen LogP contribution in [-0.2, 0) is 25.6 Å². The molecule has 0 radical (unpaired) electrons. The number of aromatic nitrogens is 1. The van der Waals surface area contributed by atoms with Gasteiger partial charge in [0.1, 0.15) is 17.4 Å². The number of nitrogens with one attached hydrogen (secondary N) is 1. The highest BCUT2D eigenvalue weighted by molar-refractivity contribution is 6.31. The Hall–Kier alpha value is -3.28. The number of carbonyl (C=O) groups is 2. The second kappa shape index (κ2) is 11.4. The number of nitrogens with zero attached hydrogens (tertiary/aromatic N) is 2. The molecular formula is C23H26ClN3O5. The summed E-state index contributed by atoms with van der Waals surface area (Å²) in [7, 11) is 3.08. The van der Waals surface area contributed by atoms with Crippen LogP contribution >= 0.6 is 11.6 Å². The smallest absolute Gasteiger partial charge is 0.349 e. The van der Waals surface area contributed by atoms with Gasteiger partial charge in [0.05, 0.1) is 19.4 Å². The molecule has 1 N–H and O–H groups in total. The summed E-state index contributed by atoms with van der Waals surface area (Å²) in [6.07, 6.45) is 1.46. The van der Waals surface area contributed by atoms with Crippen LogP contribution in [0, 0.1) is 32.1 Å². The van der Waals surface area contributed by atoms with E-state index in [4.69, 9.17) is 25.8 Å². The molecule has 32 heavy (non-hydrogen) atoms. The van der Waals surface area contributed by atoms with E-state index in [0.717, 1.165) is 22.5 Å². The average molecular weight is 460 g/mol. The van der Waals surface area contributed by atoms with Crippen LogP contribution in [0.4, 0.5) is 5.69 Å². The molecule has 170 valence electrons. The summed E-state index contributed by atoms with van der Waals surface area (Å²) in [4.78, 5) is 24.6. The number of rotatable bonds is 9. The Morgan fingerprint density at radius 1 is 1.22 bits per heavy atom. The number of aryl methyl sites for hydroxylation is 2. The van der Waals surface area contributed by atoms with Gasteiger partial charge in [0, 0.05) is 36.1 Å². The van der Waals surface area contributed by atoms with Crippen molar-refractivity contribution in [3.63, 3.8) is 0 Å². The van der Waals surface area contributed by atoms with Gasteiger partial charge in [-0.05, 0) is 50.1 Å². The van der Waals surface area contributed by atoms with E-state index in [1.54, 1.807) is 26.2 Å². The molecule has 0 aliphatic rings. The number of methoxy groups -OCH3 is 2. The molecule has 1 aromatic carbocycles. The summed E-state index contributed by atoms with van der Waals surface area (Å²) < 4.78 is 17.4. The van der Waals surface area contributed by atoms with Gasteiger partial charge in [0.2, 0.25) is 0 Å². The summed E-state index contributed by atoms with van der Waals surface area (Å²) in [5.74, 6) is -1.08. The minimum absolute atomic E-state index is 0.204. The molecule has 0 atom stereocenters. The van der Waals surface area contributed by atoms with Crippen LogP contribution in [0.3, 0.4) is 0 Å². The first-order valence-electron chi connectivity index (χ1n) is 9.80. The highest BCUT2D eigenvalue weighted by atomic mass is 35.5. The molecule has 0 aliphatic heterocycles. The molecule has 0 unspecified atom stereocenters. The fourth-order valence-electron chi connectivity index (χ4n) is 3.12. The fraction of sp³-hybridized carbons (Fsp3) is 0.348. The van der Waals surface area contributed by atoms with Crippen LogP contribution in [0.15, 0.2) is 23.8 Å². The average Bonchev–Trinajstić information content (AvgIpc) is 3.03. The lowest BCUT2D eigenvalue weighted by atomic mass is 10.1. The molecule has 1 amide bonds. The molecule has 1 heterocycles. The first-order valence-corrected chi connectivity index (χ1v) is 10.2. The highest BCUT2D eigenvalue weighted by Crippen LogP contribution is 2.30. The Morgan fingerprint density at radius 2 is 1.94 bits per heavy atom. The van der Waals surface area contributed by atoms with E-state index < -0.39 is 18.5 Å². The number of esters is 1. The van der Waals surface area contributed by atoms with Crippen molar-refractivity contribution in [3.8, 4) is 11.8 Å². The monoisotopic (exact) mass is 459 g/mol. The number of amides is 1. The Balaban J connectivity index is 2.08. The number of benzene rings is 1. The fourth-order valence-corrected chi connectivity index (χ4v) is 3.27. The van der Waals surface area contributed by atoms with Crippen molar-refractivity contribution in [3.05, 3.63) is 51.3 Å². The van der Waals surface area contributed by atoms with E-state index in [9.17, 15) is 14.9 Å². The number of anilines is 1. The number of nitriles is 1. The van der Waals surface area contributed by atoms with Crippen molar-refractivity contribution < 1.29 is 23.8 Å². The van der Waals surface area contributed by atoms with E-state index in [2.05, 4.69) is 5.32 Å². The lowest BCUT2D eigenvalue weighted by molar-refractivity contribution is -0.142. The third-order valence-corrected chi connectivity index (χ3v) is 5.27. The first-order chi connectivity index (χ1) is 15.2. The molecule has 2 rings (SSSR count). The predicted molar refractivity (Wildman–Crippen MR) is 122 cm³/mol. The molecule has 0 saturated carbocycles. The standard InChI is InChI=1S/C23H26ClN3O5/c1-14-8-20(21(31-5)11-19(14)24)26-22(28)13-32-23(29)18(12-25)10-17-9-15(2)27(16(17)3)6-7-30-4/h8-11H,6-7,13H2,1-5H3,(H,26,28)/b18-10+. The number of halogens is 1. The van der Waals surface area contributed by atoms with Crippen molar-refractivity contribution in [1.29, 1.82) is 5.26 Å². The molecular weight excluding hydrogens is 434 g/mol. The Bertz CT molecular complexity index is 1080. The van der Waals surface area contributed by atoms with Crippen LogP contribution in [0.1, 0.15) is 22.5 Å².